The van der Waals surface area contributed by atoms with Crippen LogP contribution in [0.25, 0.3) is 0 Å². The lowest BCUT2D eigenvalue weighted by atomic mass is 10.0. The molecule has 0 unspecified atom stereocenters. The van der Waals surface area contributed by atoms with Crippen LogP contribution in [0, 0.1) is 13.8 Å². The monoisotopic (exact) mass is 201 g/mol. The third-order valence-electron chi connectivity index (χ3n) is 2.53. The van der Waals surface area contributed by atoms with Crippen LogP contribution >= 0.6 is 0 Å². The number of nitrogen functional groups attached to an aromatic ring is 1. The minimum atomic E-state index is 0.551. The van der Waals surface area contributed by atoms with Crippen LogP contribution in [0.2, 0.25) is 0 Å². The predicted molar refractivity (Wildman–Crippen MR) is 61.7 cm³/mol. The first kappa shape index (κ1) is 9.77. The van der Waals surface area contributed by atoms with E-state index in [0.29, 0.717) is 5.82 Å². The Balaban J connectivity index is 2.24. The van der Waals surface area contributed by atoms with Crippen LogP contribution in [0.5, 0.6) is 0 Å². The zero-order chi connectivity index (χ0) is 10.8. The van der Waals surface area contributed by atoms with E-state index in [1.807, 2.05) is 6.07 Å². The van der Waals surface area contributed by atoms with Crippen LogP contribution in [0.1, 0.15) is 22.4 Å². The lowest BCUT2D eigenvalue weighted by Gasteiger charge is -2.04. The predicted octanol–water partition coefficient (Wildman–Crippen LogP) is 2.20. The van der Waals surface area contributed by atoms with Crippen molar-refractivity contribution < 1.29 is 0 Å². The van der Waals surface area contributed by atoms with E-state index in [2.05, 4.69) is 42.2 Å². The molecule has 2 rings (SSSR count). The van der Waals surface area contributed by atoms with E-state index in [-0.39, 0.29) is 0 Å². The average molecular weight is 201 g/mol. The first-order valence-electron chi connectivity index (χ1n) is 5.01. The molecule has 0 bridgehead atoms. The number of nitrogens with zero attached hydrogens (tertiary/aromatic N) is 1. The van der Waals surface area contributed by atoms with Gasteiger partial charge in [-0.1, -0.05) is 23.8 Å². The van der Waals surface area contributed by atoms with E-state index >= 15 is 0 Å². The number of nitrogens with one attached hydrogen (secondary N) is 1. The van der Waals surface area contributed by atoms with Gasteiger partial charge in [0.25, 0.3) is 0 Å². The maximum Gasteiger partial charge on any atom is 0.145 e. The second-order valence-electron chi connectivity index (χ2n) is 3.92. The second kappa shape index (κ2) is 3.77. The van der Waals surface area contributed by atoms with Gasteiger partial charge in [0.05, 0.1) is 0 Å². The Labute approximate surface area is 89.3 Å². The van der Waals surface area contributed by atoms with Crippen LogP contribution in [-0.4, -0.2) is 10.2 Å². The zero-order valence-corrected chi connectivity index (χ0v) is 9.04. The summed E-state index contributed by atoms with van der Waals surface area (Å²) in [5.74, 6) is 0.551. The Morgan fingerprint density at radius 3 is 2.67 bits per heavy atom. The Morgan fingerprint density at radius 1 is 1.27 bits per heavy atom. The average Bonchev–Trinajstić information content (AvgIpc) is 2.56. The third kappa shape index (κ3) is 2.18. The Morgan fingerprint density at radius 2 is 2.07 bits per heavy atom. The van der Waals surface area contributed by atoms with Crippen LogP contribution in [-0.2, 0) is 6.42 Å². The van der Waals surface area contributed by atoms with Crippen LogP contribution in [0.4, 0.5) is 5.82 Å². The quantitative estimate of drug-likeness (QED) is 0.782. The minimum Gasteiger partial charge on any atom is -0.382 e. The van der Waals surface area contributed by atoms with Crippen LogP contribution in [0.15, 0.2) is 24.3 Å². The third-order valence-corrected chi connectivity index (χ3v) is 2.53. The highest BCUT2D eigenvalue weighted by atomic mass is 15.1. The number of benzene rings is 1. The van der Waals surface area contributed by atoms with Crippen molar-refractivity contribution in [1.82, 2.24) is 10.2 Å². The molecule has 2 aromatic rings. The summed E-state index contributed by atoms with van der Waals surface area (Å²) in [5.41, 5.74) is 10.5. The van der Waals surface area contributed by atoms with E-state index in [1.165, 1.54) is 16.7 Å². The normalized spacial score (nSPS) is 10.5. The van der Waals surface area contributed by atoms with Crippen LogP contribution < -0.4 is 5.73 Å². The minimum absolute atomic E-state index is 0.551. The van der Waals surface area contributed by atoms with Gasteiger partial charge in [-0.15, -0.1) is 0 Å². The highest BCUT2D eigenvalue weighted by molar-refractivity contribution is 5.36. The smallest absolute Gasteiger partial charge is 0.145 e. The van der Waals surface area contributed by atoms with Gasteiger partial charge >= 0.3 is 0 Å². The molecule has 0 aliphatic rings. The van der Waals surface area contributed by atoms with Gasteiger partial charge in [0, 0.05) is 18.2 Å². The molecule has 0 fully saturated rings. The number of anilines is 1. The summed E-state index contributed by atoms with van der Waals surface area (Å²) in [7, 11) is 0. The van der Waals surface area contributed by atoms with Gasteiger partial charge in [-0.05, 0) is 25.0 Å². The maximum atomic E-state index is 5.55. The Kier molecular flexibility index (Phi) is 2.46. The molecule has 3 N–H and O–H groups in total. The molecule has 1 heterocycles. The van der Waals surface area contributed by atoms with E-state index < -0.39 is 0 Å². The molecule has 0 spiro atoms. The molecular weight excluding hydrogens is 186 g/mol. The lowest BCUT2D eigenvalue weighted by molar-refractivity contribution is 0.992. The standard InChI is InChI=1S/C12H15N3/c1-8-3-4-10(9(2)5-8)6-11-7-12(13)15-14-11/h3-5,7H,6H2,1-2H3,(H3,13,14,15). The molecule has 0 amide bonds. The zero-order valence-electron chi connectivity index (χ0n) is 9.04. The van der Waals surface area contributed by atoms with Crippen LogP contribution in [0.3, 0.4) is 0 Å². The fourth-order valence-corrected chi connectivity index (χ4v) is 1.72. The van der Waals surface area contributed by atoms with Gasteiger partial charge in [-0.25, -0.2) is 0 Å². The number of aromatic amines is 1. The summed E-state index contributed by atoms with van der Waals surface area (Å²) >= 11 is 0. The van der Waals surface area contributed by atoms with Gasteiger partial charge in [-0.3, -0.25) is 5.10 Å². The summed E-state index contributed by atoms with van der Waals surface area (Å²) in [5, 5.41) is 6.83. The number of aromatic nitrogens is 2. The fourth-order valence-electron chi connectivity index (χ4n) is 1.72. The molecule has 0 radical (unpaired) electrons. The van der Waals surface area contributed by atoms with Crippen molar-refractivity contribution in [2.45, 2.75) is 20.3 Å². The highest BCUT2D eigenvalue weighted by Crippen LogP contribution is 2.15. The largest absolute Gasteiger partial charge is 0.382 e. The molecule has 15 heavy (non-hydrogen) atoms. The van der Waals surface area contributed by atoms with Crippen molar-refractivity contribution in [2.24, 2.45) is 0 Å². The summed E-state index contributed by atoms with van der Waals surface area (Å²) < 4.78 is 0. The van der Waals surface area contributed by atoms with Crippen molar-refractivity contribution in [3.05, 3.63) is 46.6 Å². The topological polar surface area (TPSA) is 54.7 Å². The molecule has 1 aromatic carbocycles. The van der Waals surface area contributed by atoms with Crippen molar-refractivity contribution in [3.8, 4) is 0 Å². The molecule has 3 nitrogen and oxygen atoms in total. The molecule has 3 heteroatoms. The van der Waals surface area contributed by atoms with E-state index in [9.17, 15) is 0 Å². The first-order valence-corrected chi connectivity index (χ1v) is 5.01. The van der Waals surface area contributed by atoms with Gasteiger partial charge in [-0.2, -0.15) is 5.10 Å². The summed E-state index contributed by atoms with van der Waals surface area (Å²) in [6, 6.07) is 8.35. The first-order chi connectivity index (χ1) is 7.15. The van der Waals surface area contributed by atoms with Gasteiger partial charge in [0.2, 0.25) is 0 Å². The molecule has 1 aromatic heterocycles. The summed E-state index contributed by atoms with van der Waals surface area (Å²) in [4.78, 5) is 0. The molecule has 0 saturated carbocycles. The van der Waals surface area contributed by atoms with E-state index in [4.69, 9.17) is 5.73 Å². The Bertz CT molecular complexity index is 471. The van der Waals surface area contributed by atoms with E-state index in [1.54, 1.807) is 0 Å². The van der Waals surface area contributed by atoms with Crippen molar-refractivity contribution in [1.29, 1.82) is 0 Å². The summed E-state index contributed by atoms with van der Waals surface area (Å²) in [6.45, 7) is 4.23. The number of hydrogen-bond donors (Lipinski definition) is 2. The van der Waals surface area contributed by atoms with Crippen molar-refractivity contribution in [3.63, 3.8) is 0 Å². The Hall–Kier alpha value is -1.77. The van der Waals surface area contributed by atoms with Crippen molar-refractivity contribution >= 4 is 5.82 Å². The lowest BCUT2D eigenvalue weighted by Crippen LogP contribution is -1.92. The number of nitrogens with two attached hydrogens (primary N) is 1. The molecular formula is C12H15N3. The molecule has 78 valence electrons. The van der Waals surface area contributed by atoms with Crippen molar-refractivity contribution in [2.75, 3.05) is 5.73 Å². The molecule has 0 aliphatic carbocycles. The van der Waals surface area contributed by atoms with Gasteiger partial charge in [0.15, 0.2) is 0 Å². The number of aryl methyl sites for hydroxylation is 2. The molecule has 0 aliphatic heterocycles. The van der Waals surface area contributed by atoms with Gasteiger partial charge < -0.3 is 5.73 Å². The SMILES string of the molecule is Cc1ccc(Cc2cc(N)n[nH]2)c(C)c1. The molecule has 0 saturated heterocycles. The second-order valence-corrected chi connectivity index (χ2v) is 3.92. The molecule has 0 atom stereocenters. The van der Waals surface area contributed by atoms with Gasteiger partial charge in [0.1, 0.15) is 5.82 Å². The number of hydrogen-bond acceptors (Lipinski definition) is 2. The number of rotatable bonds is 2. The summed E-state index contributed by atoms with van der Waals surface area (Å²) in [6.07, 6.45) is 0.857. The fraction of sp³-hybridized carbons (Fsp3) is 0.250. The number of H-pyrrole nitrogens is 1. The highest BCUT2D eigenvalue weighted by Gasteiger charge is 2.02. The maximum absolute atomic E-state index is 5.55. The van der Waals surface area contributed by atoms with E-state index in [0.717, 1.165) is 12.1 Å².